The summed E-state index contributed by atoms with van der Waals surface area (Å²) in [5.41, 5.74) is 6.26. The summed E-state index contributed by atoms with van der Waals surface area (Å²) in [7, 11) is 3.50. The van der Waals surface area contributed by atoms with Gasteiger partial charge in [-0.15, -0.1) is 11.3 Å². The van der Waals surface area contributed by atoms with Crippen LogP contribution in [-0.4, -0.2) is 36.4 Å². The molecule has 5 heteroatoms. The van der Waals surface area contributed by atoms with Gasteiger partial charge in [-0.3, -0.25) is 4.79 Å². The zero-order chi connectivity index (χ0) is 11.4. The molecule has 1 rings (SSSR count). The monoisotopic (exact) mass is 227 g/mol. The van der Waals surface area contributed by atoms with Crippen molar-refractivity contribution in [2.45, 2.75) is 19.8 Å². The summed E-state index contributed by atoms with van der Waals surface area (Å²) >= 11 is 1.48. The molecule has 0 aliphatic heterocycles. The fourth-order valence-corrected chi connectivity index (χ4v) is 2.34. The Balaban J connectivity index is 2.81. The second-order valence-corrected chi connectivity index (χ2v) is 4.70. The van der Waals surface area contributed by atoms with Gasteiger partial charge in [0.2, 0.25) is 0 Å². The van der Waals surface area contributed by atoms with Crippen LogP contribution in [-0.2, 0) is 6.42 Å². The molecular formula is C10H17N3OS. The van der Waals surface area contributed by atoms with E-state index in [1.807, 2.05) is 6.92 Å². The van der Waals surface area contributed by atoms with Gasteiger partial charge in [-0.1, -0.05) is 0 Å². The molecule has 0 fully saturated rings. The van der Waals surface area contributed by atoms with Crippen LogP contribution >= 0.6 is 11.3 Å². The SMILES string of the molecule is Cc1nc(CCCN)sc1C(=O)N(C)C. The molecule has 0 unspecified atom stereocenters. The van der Waals surface area contributed by atoms with Crippen molar-refractivity contribution in [3.63, 3.8) is 0 Å². The molecule has 0 aliphatic carbocycles. The van der Waals surface area contributed by atoms with E-state index in [2.05, 4.69) is 4.98 Å². The van der Waals surface area contributed by atoms with E-state index in [1.165, 1.54) is 11.3 Å². The highest BCUT2D eigenvalue weighted by atomic mass is 32.1. The van der Waals surface area contributed by atoms with Crippen molar-refractivity contribution in [1.82, 2.24) is 9.88 Å². The van der Waals surface area contributed by atoms with E-state index in [0.29, 0.717) is 6.54 Å². The van der Waals surface area contributed by atoms with Crippen molar-refractivity contribution in [3.05, 3.63) is 15.6 Å². The maximum atomic E-state index is 11.7. The summed E-state index contributed by atoms with van der Waals surface area (Å²) in [5.74, 6) is 0.0315. The highest BCUT2D eigenvalue weighted by Gasteiger charge is 2.16. The molecule has 1 aromatic heterocycles. The van der Waals surface area contributed by atoms with Crippen LogP contribution in [0.15, 0.2) is 0 Å². The van der Waals surface area contributed by atoms with Crippen LogP contribution in [0, 0.1) is 6.92 Å². The van der Waals surface area contributed by atoms with Crippen molar-refractivity contribution < 1.29 is 4.79 Å². The standard InChI is InChI=1S/C10H17N3OS/c1-7-9(10(14)13(2)3)15-8(12-7)5-4-6-11/h4-6,11H2,1-3H3. The first kappa shape index (κ1) is 12.1. The number of hydrogen-bond acceptors (Lipinski definition) is 4. The average Bonchev–Trinajstić information content (AvgIpc) is 2.55. The number of thiazole rings is 1. The smallest absolute Gasteiger partial charge is 0.265 e. The zero-order valence-electron chi connectivity index (χ0n) is 9.41. The molecule has 2 N–H and O–H groups in total. The van der Waals surface area contributed by atoms with Crippen LogP contribution in [0.25, 0.3) is 0 Å². The number of aryl methyl sites for hydroxylation is 2. The van der Waals surface area contributed by atoms with E-state index in [4.69, 9.17) is 5.73 Å². The lowest BCUT2D eigenvalue weighted by Crippen LogP contribution is -2.21. The molecule has 1 aromatic rings. The summed E-state index contributed by atoms with van der Waals surface area (Å²) in [6, 6.07) is 0. The van der Waals surface area contributed by atoms with Crippen molar-refractivity contribution in [3.8, 4) is 0 Å². The first-order valence-corrected chi connectivity index (χ1v) is 5.76. The normalized spacial score (nSPS) is 10.4. The third-order valence-corrected chi connectivity index (χ3v) is 3.24. The number of rotatable bonds is 4. The van der Waals surface area contributed by atoms with Gasteiger partial charge in [0, 0.05) is 20.5 Å². The lowest BCUT2D eigenvalue weighted by molar-refractivity contribution is 0.0831. The lowest BCUT2D eigenvalue weighted by atomic mass is 10.3. The molecule has 15 heavy (non-hydrogen) atoms. The van der Waals surface area contributed by atoms with Gasteiger partial charge in [-0.2, -0.15) is 0 Å². The molecule has 1 heterocycles. The van der Waals surface area contributed by atoms with Crippen LogP contribution in [0.4, 0.5) is 0 Å². The van der Waals surface area contributed by atoms with Crippen LogP contribution in [0.2, 0.25) is 0 Å². The van der Waals surface area contributed by atoms with Crippen molar-refractivity contribution in [1.29, 1.82) is 0 Å². The fraction of sp³-hybridized carbons (Fsp3) is 0.600. The van der Waals surface area contributed by atoms with Gasteiger partial charge >= 0.3 is 0 Å². The molecular weight excluding hydrogens is 210 g/mol. The Morgan fingerprint density at radius 2 is 2.20 bits per heavy atom. The highest BCUT2D eigenvalue weighted by molar-refractivity contribution is 7.13. The maximum absolute atomic E-state index is 11.7. The summed E-state index contributed by atoms with van der Waals surface area (Å²) < 4.78 is 0. The fourth-order valence-electron chi connectivity index (χ4n) is 1.21. The number of carbonyl (C=O) groups is 1. The van der Waals surface area contributed by atoms with Gasteiger partial charge < -0.3 is 10.6 Å². The Kier molecular flexibility index (Phi) is 4.23. The van der Waals surface area contributed by atoms with E-state index in [1.54, 1.807) is 19.0 Å². The second-order valence-electron chi connectivity index (χ2n) is 3.61. The first-order valence-electron chi connectivity index (χ1n) is 4.94. The highest BCUT2D eigenvalue weighted by Crippen LogP contribution is 2.20. The Morgan fingerprint density at radius 1 is 1.53 bits per heavy atom. The molecule has 84 valence electrons. The molecule has 0 aromatic carbocycles. The Morgan fingerprint density at radius 3 is 2.73 bits per heavy atom. The van der Waals surface area contributed by atoms with Gasteiger partial charge in [0.15, 0.2) is 0 Å². The van der Waals surface area contributed by atoms with Crippen LogP contribution in [0.1, 0.15) is 26.8 Å². The quantitative estimate of drug-likeness (QED) is 0.836. The summed E-state index contributed by atoms with van der Waals surface area (Å²) in [5, 5.41) is 1.00. The Bertz CT molecular complexity index is 346. The lowest BCUT2D eigenvalue weighted by Gasteiger charge is -2.07. The first-order chi connectivity index (χ1) is 7.06. The minimum Gasteiger partial charge on any atom is -0.344 e. The number of hydrogen-bond donors (Lipinski definition) is 1. The van der Waals surface area contributed by atoms with Crippen LogP contribution in [0.3, 0.4) is 0 Å². The molecule has 0 saturated heterocycles. The van der Waals surface area contributed by atoms with Crippen molar-refractivity contribution >= 4 is 17.2 Å². The number of carbonyl (C=O) groups excluding carboxylic acids is 1. The van der Waals surface area contributed by atoms with E-state index >= 15 is 0 Å². The van der Waals surface area contributed by atoms with Gasteiger partial charge in [0.1, 0.15) is 4.88 Å². The minimum absolute atomic E-state index is 0.0315. The molecule has 0 saturated carbocycles. The van der Waals surface area contributed by atoms with Crippen LogP contribution < -0.4 is 5.73 Å². The maximum Gasteiger partial charge on any atom is 0.265 e. The summed E-state index contributed by atoms with van der Waals surface area (Å²) in [4.78, 5) is 18.4. The third-order valence-electron chi connectivity index (χ3n) is 2.04. The molecule has 0 spiro atoms. The molecule has 0 aliphatic rings. The Hall–Kier alpha value is -0.940. The number of aromatic nitrogens is 1. The van der Waals surface area contributed by atoms with Gasteiger partial charge in [0.05, 0.1) is 10.7 Å². The largest absolute Gasteiger partial charge is 0.344 e. The number of nitrogens with zero attached hydrogens (tertiary/aromatic N) is 2. The molecule has 4 nitrogen and oxygen atoms in total. The van der Waals surface area contributed by atoms with E-state index in [9.17, 15) is 4.79 Å². The minimum atomic E-state index is 0.0315. The zero-order valence-corrected chi connectivity index (χ0v) is 10.2. The van der Waals surface area contributed by atoms with Crippen molar-refractivity contribution in [2.24, 2.45) is 5.73 Å². The predicted octanol–water partition coefficient (Wildman–Crippen LogP) is 1.04. The van der Waals surface area contributed by atoms with Gasteiger partial charge in [-0.05, 0) is 19.9 Å². The molecule has 0 radical (unpaired) electrons. The number of nitrogens with two attached hydrogens (primary N) is 1. The van der Waals surface area contributed by atoms with Gasteiger partial charge in [-0.25, -0.2) is 4.98 Å². The van der Waals surface area contributed by atoms with Gasteiger partial charge in [0.25, 0.3) is 5.91 Å². The predicted molar refractivity (Wildman–Crippen MR) is 62.2 cm³/mol. The van der Waals surface area contributed by atoms with Crippen molar-refractivity contribution in [2.75, 3.05) is 20.6 Å². The summed E-state index contributed by atoms with van der Waals surface area (Å²) in [6.45, 7) is 2.54. The van der Waals surface area contributed by atoms with Crippen LogP contribution in [0.5, 0.6) is 0 Å². The average molecular weight is 227 g/mol. The Labute approximate surface area is 94.1 Å². The molecule has 0 bridgehead atoms. The van der Waals surface area contributed by atoms with E-state index in [0.717, 1.165) is 28.4 Å². The molecule has 0 atom stereocenters. The molecule has 1 amide bonds. The van der Waals surface area contributed by atoms with E-state index < -0.39 is 0 Å². The summed E-state index contributed by atoms with van der Waals surface area (Å²) in [6.07, 6.45) is 1.78. The second kappa shape index (κ2) is 5.23. The third kappa shape index (κ3) is 3.00. The number of amides is 1. The van der Waals surface area contributed by atoms with E-state index in [-0.39, 0.29) is 5.91 Å². The topological polar surface area (TPSA) is 59.2 Å².